The Kier molecular flexibility index (Phi) is 4.07. The van der Waals surface area contributed by atoms with E-state index < -0.39 is 0 Å². The molecule has 0 atom stereocenters. The molecule has 68 valence electrons. The molecule has 1 rings (SSSR count). The van der Waals surface area contributed by atoms with Gasteiger partial charge in [0.05, 0.1) is 12.5 Å². The molecule has 1 N–H and O–H groups in total. The maximum Gasteiger partial charge on any atom is 0.0640 e. The normalized spacial score (nSPS) is 9.31. The van der Waals surface area contributed by atoms with Gasteiger partial charge in [0.2, 0.25) is 0 Å². The molecule has 1 aromatic rings. The summed E-state index contributed by atoms with van der Waals surface area (Å²) in [4.78, 5) is 0. The van der Waals surface area contributed by atoms with E-state index in [1.807, 2.05) is 12.1 Å². The summed E-state index contributed by atoms with van der Waals surface area (Å²) in [5.41, 5.74) is 0.958. The van der Waals surface area contributed by atoms with E-state index in [2.05, 4.69) is 27.3 Å². The molecule has 13 heavy (non-hydrogen) atoms. The van der Waals surface area contributed by atoms with E-state index in [0.29, 0.717) is 18.0 Å². The van der Waals surface area contributed by atoms with Gasteiger partial charge in [0.15, 0.2) is 0 Å². The number of rotatable bonds is 3. The lowest BCUT2D eigenvalue weighted by Gasteiger charge is -2.06. The zero-order valence-corrected chi connectivity index (χ0v) is 9.19. The molecular formula is C9H8BrClN2. The number of anilines is 1. The van der Waals surface area contributed by atoms with Crippen molar-refractivity contribution in [3.05, 3.63) is 27.7 Å². The first-order valence-corrected chi connectivity index (χ1v) is 4.97. The van der Waals surface area contributed by atoms with Crippen LogP contribution in [0.25, 0.3) is 0 Å². The quantitative estimate of drug-likeness (QED) is 0.844. The van der Waals surface area contributed by atoms with Gasteiger partial charge in [-0.15, -0.1) is 0 Å². The van der Waals surface area contributed by atoms with E-state index in [1.165, 1.54) is 0 Å². The number of nitrogens with one attached hydrogen (secondary N) is 1. The zero-order chi connectivity index (χ0) is 9.68. The molecule has 0 saturated carbocycles. The van der Waals surface area contributed by atoms with E-state index >= 15 is 0 Å². The molecule has 4 heteroatoms. The van der Waals surface area contributed by atoms with Crippen LogP contribution in [0.15, 0.2) is 22.7 Å². The molecule has 0 unspecified atom stereocenters. The van der Waals surface area contributed by atoms with E-state index in [4.69, 9.17) is 16.9 Å². The Hall–Kier alpha value is -0.720. The van der Waals surface area contributed by atoms with Gasteiger partial charge in [0.1, 0.15) is 0 Å². The minimum absolute atomic E-state index is 0.495. The first-order chi connectivity index (χ1) is 6.24. The van der Waals surface area contributed by atoms with Crippen molar-refractivity contribution in [3.63, 3.8) is 0 Å². The van der Waals surface area contributed by atoms with Crippen LogP contribution in [0.1, 0.15) is 6.42 Å². The van der Waals surface area contributed by atoms with Crippen LogP contribution < -0.4 is 5.32 Å². The van der Waals surface area contributed by atoms with E-state index in [9.17, 15) is 0 Å². The Morgan fingerprint density at radius 3 is 2.92 bits per heavy atom. The third-order valence-corrected chi connectivity index (χ3v) is 2.37. The molecule has 1 aromatic carbocycles. The smallest absolute Gasteiger partial charge is 0.0640 e. The topological polar surface area (TPSA) is 35.8 Å². The predicted octanol–water partition coefficient (Wildman–Crippen LogP) is 3.43. The average Bonchev–Trinajstić information content (AvgIpc) is 2.09. The standard InChI is InChI=1S/C9H8BrClN2/c10-8-6-7(11)2-3-9(8)13-5-1-4-12/h2-3,6,13H,1,5H2. The van der Waals surface area contributed by atoms with Gasteiger partial charge in [0.25, 0.3) is 0 Å². The molecule has 0 bridgehead atoms. The Morgan fingerprint density at radius 1 is 1.54 bits per heavy atom. The summed E-state index contributed by atoms with van der Waals surface area (Å²) in [5, 5.41) is 12.1. The molecule has 2 nitrogen and oxygen atoms in total. The highest BCUT2D eigenvalue weighted by atomic mass is 79.9. The Bertz CT molecular complexity index is 333. The number of benzene rings is 1. The largest absolute Gasteiger partial charge is 0.383 e. The van der Waals surface area contributed by atoms with Crippen molar-refractivity contribution in [2.75, 3.05) is 11.9 Å². The summed E-state index contributed by atoms with van der Waals surface area (Å²) in [6.45, 7) is 0.650. The second-order valence-electron chi connectivity index (χ2n) is 2.46. The van der Waals surface area contributed by atoms with Gasteiger partial charge in [-0.1, -0.05) is 11.6 Å². The Labute approximate surface area is 90.6 Å². The second kappa shape index (κ2) is 5.11. The lowest BCUT2D eigenvalue weighted by atomic mass is 10.3. The van der Waals surface area contributed by atoms with Crippen LogP contribution in [0.2, 0.25) is 5.02 Å². The van der Waals surface area contributed by atoms with Gasteiger partial charge >= 0.3 is 0 Å². The van der Waals surface area contributed by atoms with Gasteiger partial charge < -0.3 is 5.32 Å². The van der Waals surface area contributed by atoms with E-state index in [1.54, 1.807) is 6.07 Å². The maximum atomic E-state index is 8.33. The first-order valence-electron chi connectivity index (χ1n) is 3.80. The fourth-order valence-corrected chi connectivity index (χ4v) is 1.71. The second-order valence-corrected chi connectivity index (χ2v) is 3.75. The van der Waals surface area contributed by atoms with Crippen molar-refractivity contribution >= 4 is 33.2 Å². The van der Waals surface area contributed by atoms with Gasteiger partial charge in [-0.3, -0.25) is 0 Å². The predicted molar refractivity (Wildman–Crippen MR) is 57.9 cm³/mol. The average molecular weight is 260 g/mol. The molecule has 0 radical (unpaired) electrons. The van der Waals surface area contributed by atoms with Crippen LogP contribution in [0.4, 0.5) is 5.69 Å². The maximum absolute atomic E-state index is 8.33. The number of nitrogens with zero attached hydrogens (tertiary/aromatic N) is 1. The first kappa shape index (κ1) is 10.4. The van der Waals surface area contributed by atoms with Crippen LogP contribution in [-0.2, 0) is 0 Å². The van der Waals surface area contributed by atoms with Crippen molar-refractivity contribution < 1.29 is 0 Å². The lowest BCUT2D eigenvalue weighted by Crippen LogP contribution is -2.00. The minimum Gasteiger partial charge on any atom is -0.383 e. The van der Waals surface area contributed by atoms with Crippen LogP contribution in [0, 0.1) is 11.3 Å². The number of nitriles is 1. The summed E-state index contributed by atoms with van der Waals surface area (Å²) < 4.78 is 0.915. The molecule has 0 saturated heterocycles. The third kappa shape index (κ3) is 3.25. The molecule has 0 amide bonds. The molecule has 0 spiro atoms. The summed E-state index contributed by atoms with van der Waals surface area (Å²) in [5.74, 6) is 0. The van der Waals surface area contributed by atoms with Crippen LogP contribution in [0.5, 0.6) is 0 Å². The number of halogens is 2. The lowest BCUT2D eigenvalue weighted by molar-refractivity contribution is 1.07. The van der Waals surface area contributed by atoms with Crippen LogP contribution in [0.3, 0.4) is 0 Å². The van der Waals surface area contributed by atoms with E-state index in [-0.39, 0.29) is 0 Å². The van der Waals surface area contributed by atoms with Crippen molar-refractivity contribution in [2.24, 2.45) is 0 Å². The van der Waals surface area contributed by atoms with Crippen LogP contribution in [-0.4, -0.2) is 6.54 Å². The van der Waals surface area contributed by atoms with Crippen molar-refractivity contribution in [1.82, 2.24) is 0 Å². The van der Waals surface area contributed by atoms with Gasteiger partial charge in [-0.2, -0.15) is 5.26 Å². The highest BCUT2D eigenvalue weighted by molar-refractivity contribution is 9.10. The van der Waals surface area contributed by atoms with Crippen LogP contribution >= 0.6 is 27.5 Å². The highest BCUT2D eigenvalue weighted by Gasteiger charge is 1.98. The summed E-state index contributed by atoms with van der Waals surface area (Å²) in [7, 11) is 0. The molecule has 0 aliphatic carbocycles. The van der Waals surface area contributed by atoms with Crippen molar-refractivity contribution in [2.45, 2.75) is 6.42 Å². The number of hydrogen-bond acceptors (Lipinski definition) is 2. The molecule has 0 heterocycles. The fraction of sp³-hybridized carbons (Fsp3) is 0.222. The number of hydrogen-bond donors (Lipinski definition) is 1. The van der Waals surface area contributed by atoms with E-state index in [0.717, 1.165) is 10.2 Å². The summed E-state index contributed by atoms with van der Waals surface area (Å²) >= 11 is 9.14. The molecular weight excluding hydrogens is 251 g/mol. The molecule has 0 aliphatic heterocycles. The molecule has 0 aliphatic rings. The van der Waals surface area contributed by atoms with Gasteiger partial charge in [0, 0.05) is 21.7 Å². The third-order valence-electron chi connectivity index (χ3n) is 1.48. The Morgan fingerprint density at radius 2 is 2.31 bits per heavy atom. The van der Waals surface area contributed by atoms with Crippen molar-refractivity contribution in [3.8, 4) is 6.07 Å². The summed E-state index contributed by atoms with van der Waals surface area (Å²) in [6, 6.07) is 7.57. The molecule has 0 aromatic heterocycles. The van der Waals surface area contributed by atoms with Crippen molar-refractivity contribution in [1.29, 1.82) is 5.26 Å². The zero-order valence-electron chi connectivity index (χ0n) is 6.85. The minimum atomic E-state index is 0.495. The monoisotopic (exact) mass is 258 g/mol. The molecule has 0 fully saturated rings. The Balaban J connectivity index is 2.62. The SMILES string of the molecule is N#CCCNc1ccc(Cl)cc1Br. The van der Waals surface area contributed by atoms with Gasteiger partial charge in [-0.05, 0) is 34.1 Å². The highest BCUT2D eigenvalue weighted by Crippen LogP contribution is 2.25. The fourth-order valence-electron chi connectivity index (χ4n) is 0.886. The summed E-state index contributed by atoms with van der Waals surface area (Å²) in [6.07, 6.45) is 0.495. The van der Waals surface area contributed by atoms with Gasteiger partial charge in [-0.25, -0.2) is 0 Å².